The van der Waals surface area contributed by atoms with Crippen LogP contribution in [-0.4, -0.2) is 25.2 Å². The molecule has 1 aliphatic heterocycles. The zero-order chi connectivity index (χ0) is 13.9. The Balaban J connectivity index is 1.63. The van der Waals surface area contributed by atoms with E-state index in [0.717, 1.165) is 31.0 Å². The molecule has 0 bridgehead atoms. The standard InChI is InChI=1S/C14H19N5O/c1-11(19-8-4-6-16-19)9-14(20)17-13-10-15-12-5-2-3-7-18(12)13/h4,6,8,10-11H,2-3,5,7,9H2,1H3,(H,17,20)/t11-/m0/s1. The van der Waals surface area contributed by atoms with Gasteiger partial charge in [0.15, 0.2) is 0 Å². The molecule has 6 nitrogen and oxygen atoms in total. The Bertz CT molecular complexity index is 587. The van der Waals surface area contributed by atoms with Crippen molar-refractivity contribution < 1.29 is 4.79 Å². The van der Waals surface area contributed by atoms with Crippen molar-refractivity contribution in [1.29, 1.82) is 0 Å². The molecular formula is C14H19N5O. The van der Waals surface area contributed by atoms with Gasteiger partial charge in [0.1, 0.15) is 11.6 Å². The van der Waals surface area contributed by atoms with Crippen LogP contribution in [0, 0.1) is 0 Å². The predicted octanol–water partition coefficient (Wildman–Crippen LogP) is 2.01. The Morgan fingerprint density at radius 1 is 1.50 bits per heavy atom. The summed E-state index contributed by atoms with van der Waals surface area (Å²) in [4.78, 5) is 16.5. The molecule has 2 aromatic rings. The second-order valence-electron chi connectivity index (χ2n) is 5.26. The molecule has 0 radical (unpaired) electrons. The van der Waals surface area contributed by atoms with E-state index in [1.165, 1.54) is 6.42 Å². The molecule has 0 saturated heterocycles. The van der Waals surface area contributed by atoms with Crippen molar-refractivity contribution in [2.24, 2.45) is 0 Å². The van der Waals surface area contributed by atoms with Crippen LogP contribution >= 0.6 is 0 Å². The van der Waals surface area contributed by atoms with Gasteiger partial charge in [-0.25, -0.2) is 4.98 Å². The smallest absolute Gasteiger partial charge is 0.227 e. The van der Waals surface area contributed by atoms with Crippen molar-refractivity contribution in [2.75, 3.05) is 5.32 Å². The van der Waals surface area contributed by atoms with E-state index in [2.05, 4.69) is 20.0 Å². The molecule has 1 aliphatic rings. The summed E-state index contributed by atoms with van der Waals surface area (Å²) in [6.45, 7) is 2.93. The SMILES string of the molecule is C[C@@H](CC(=O)Nc1cnc2n1CCCC2)n1cccn1. The van der Waals surface area contributed by atoms with E-state index >= 15 is 0 Å². The third kappa shape index (κ3) is 2.59. The second kappa shape index (κ2) is 5.48. The Morgan fingerprint density at radius 3 is 3.20 bits per heavy atom. The van der Waals surface area contributed by atoms with Gasteiger partial charge in [-0.3, -0.25) is 9.48 Å². The van der Waals surface area contributed by atoms with Crippen LogP contribution < -0.4 is 5.32 Å². The number of aryl methyl sites for hydroxylation is 1. The highest BCUT2D eigenvalue weighted by Gasteiger charge is 2.17. The molecule has 106 valence electrons. The van der Waals surface area contributed by atoms with Gasteiger partial charge in [-0.05, 0) is 25.8 Å². The van der Waals surface area contributed by atoms with Crippen LogP contribution in [0.4, 0.5) is 5.82 Å². The van der Waals surface area contributed by atoms with Crippen LogP contribution in [0.15, 0.2) is 24.7 Å². The summed E-state index contributed by atoms with van der Waals surface area (Å²) in [6, 6.07) is 1.91. The number of rotatable bonds is 4. The van der Waals surface area contributed by atoms with Gasteiger partial charge in [-0.2, -0.15) is 5.10 Å². The molecule has 3 heterocycles. The van der Waals surface area contributed by atoms with Gasteiger partial charge in [0, 0.05) is 31.8 Å². The van der Waals surface area contributed by atoms with Crippen LogP contribution in [0.5, 0.6) is 0 Å². The lowest BCUT2D eigenvalue weighted by atomic mass is 10.2. The van der Waals surface area contributed by atoms with Gasteiger partial charge in [-0.15, -0.1) is 0 Å². The van der Waals surface area contributed by atoms with E-state index in [-0.39, 0.29) is 11.9 Å². The van der Waals surface area contributed by atoms with Crippen molar-refractivity contribution in [3.63, 3.8) is 0 Å². The first kappa shape index (κ1) is 12.9. The van der Waals surface area contributed by atoms with Crippen molar-refractivity contribution in [3.8, 4) is 0 Å². The number of carbonyl (C=O) groups is 1. The van der Waals surface area contributed by atoms with Gasteiger partial charge in [0.05, 0.1) is 12.2 Å². The monoisotopic (exact) mass is 273 g/mol. The zero-order valence-corrected chi connectivity index (χ0v) is 11.6. The van der Waals surface area contributed by atoms with E-state index in [0.29, 0.717) is 6.42 Å². The van der Waals surface area contributed by atoms with Crippen LogP contribution in [0.25, 0.3) is 0 Å². The number of nitrogens with one attached hydrogen (secondary N) is 1. The predicted molar refractivity (Wildman–Crippen MR) is 75.3 cm³/mol. The van der Waals surface area contributed by atoms with Gasteiger partial charge < -0.3 is 9.88 Å². The van der Waals surface area contributed by atoms with Crippen molar-refractivity contribution in [2.45, 2.75) is 45.2 Å². The van der Waals surface area contributed by atoms with Crippen LogP contribution in [0.3, 0.4) is 0 Å². The number of anilines is 1. The number of amides is 1. The average molecular weight is 273 g/mol. The minimum absolute atomic E-state index is 0.00118. The number of nitrogens with zero attached hydrogens (tertiary/aromatic N) is 4. The van der Waals surface area contributed by atoms with E-state index < -0.39 is 0 Å². The third-order valence-corrected chi connectivity index (χ3v) is 3.70. The molecule has 0 unspecified atom stereocenters. The fourth-order valence-corrected chi connectivity index (χ4v) is 2.61. The van der Waals surface area contributed by atoms with E-state index in [1.807, 2.05) is 19.2 Å². The average Bonchev–Trinajstić information content (AvgIpc) is 3.09. The van der Waals surface area contributed by atoms with E-state index in [9.17, 15) is 4.79 Å². The molecule has 6 heteroatoms. The lowest BCUT2D eigenvalue weighted by Gasteiger charge is -2.17. The molecule has 0 spiro atoms. The van der Waals surface area contributed by atoms with E-state index in [4.69, 9.17) is 0 Å². The quantitative estimate of drug-likeness (QED) is 0.926. The first-order chi connectivity index (χ1) is 9.74. The fraction of sp³-hybridized carbons (Fsp3) is 0.500. The Labute approximate surface area is 117 Å². The van der Waals surface area contributed by atoms with Gasteiger partial charge in [-0.1, -0.05) is 0 Å². The number of hydrogen-bond donors (Lipinski definition) is 1. The highest BCUT2D eigenvalue weighted by atomic mass is 16.1. The Morgan fingerprint density at radius 2 is 2.40 bits per heavy atom. The van der Waals surface area contributed by atoms with Crippen molar-refractivity contribution >= 4 is 11.7 Å². The highest BCUT2D eigenvalue weighted by molar-refractivity contribution is 5.90. The van der Waals surface area contributed by atoms with E-state index in [1.54, 1.807) is 17.1 Å². The molecule has 0 saturated carbocycles. The highest BCUT2D eigenvalue weighted by Crippen LogP contribution is 2.20. The van der Waals surface area contributed by atoms with Gasteiger partial charge >= 0.3 is 0 Å². The van der Waals surface area contributed by atoms with Crippen LogP contribution in [-0.2, 0) is 17.8 Å². The molecule has 1 amide bonds. The third-order valence-electron chi connectivity index (χ3n) is 3.70. The summed E-state index contributed by atoms with van der Waals surface area (Å²) in [6.07, 6.45) is 9.09. The molecule has 1 N–H and O–H groups in total. The molecule has 0 aliphatic carbocycles. The van der Waals surface area contributed by atoms with Crippen molar-refractivity contribution in [1.82, 2.24) is 19.3 Å². The summed E-state index contributed by atoms with van der Waals surface area (Å²) in [5, 5.41) is 7.12. The number of hydrogen-bond acceptors (Lipinski definition) is 3. The maximum Gasteiger partial charge on any atom is 0.227 e. The van der Waals surface area contributed by atoms with Crippen LogP contribution in [0.1, 0.15) is 38.1 Å². The summed E-state index contributed by atoms with van der Waals surface area (Å²) in [5.41, 5.74) is 0. The fourth-order valence-electron chi connectivity index (χ4n) is 2.61. The normalized spacial score (nSPS) is 15.7. The summed E-state index contributed by atoms with van der Waals surface area (Å²) >= 11 is 0. The topological polar surface area (TPSA) is 64.7 Å². The number of aromatic nitrogens is 4. The molecular weight excluding hydrogens is 254 g/mol. The molecule has 3 rings (SSSR count). The lowest BCUT2D eigenvalue weighted by Crippen LogP contribution is -2.21. The Hall–Kier alpha value is -2.11. The van der Waals surface area contributed by atoms with Gasteiger partial charge in [0.2, 0.25) is 5.91 Å². The maximum absolute atomic E-state index is 12.1. The zero-order valence-electron chi connectivity index (χ0n) is 11.6. The summed E-state index contributed by atoms with van der Waals surface area (Å²) in [7, 11) is 0. The van der Waals surface area contributed by atoms with Crippen LogP contribution in [0.2, 0.25) is 0 Å². The Kier molecular flexibility index (Phi) is 3.54. The number of imidazole rings is 1. The van der Waals surface area contributed by atoms with Crippen molar-refractivity contribution in [3.05, 3.63) is 30.5 Å². The largest absolute Gasteiger partial charge is 0.315 e. The molecule has 0 aromatic carbocycles. The summed E-state index contributed by atoms with van der Waals surface area (Å²) in [5.74, 6) is 1.89. The minimum Gasteiger partial charge on any atom is -0.315 e. The number of fused-ring (bicyclic) bond motifs is 1. The second-order valence-corrected chi connectivity index (χ2v) is 5.26. The maximum atomic E-state index is 12.1. The number of carbonyl (C=O) groups excluding carboxylic acids is 1. The summed E-state index contributed by atoms with van der Waals surface area (Å²) < 4.78 is 3.91. The van der Waals surface area contributed by atoms with Gasteiger partial charge in [0.25, 0.3) is 0 Å². The first-order valence-corrected chi connectivity index (χ1v) is 7.07. The minimum atomic E-state index is 0.00118. The molecule has 1 atom stereocenters. The molecule has 20 heavy (non-hydrogen) atoms. The molecule has 0 fully saturated rings. The first-order valence-electron chi connectivity index (χ1n) is 7.07. The lowest BCUT2D eigenvalue weighted by molar-refractivity contribution is -0.116. The molecule has 2 aromatic heterocycles.